The molecule has 5 nitrogen and oxygen atoms in total. The van der Waals surface area contributed by atoms with Crippen LogP contribution in [0.1, 0.15) is 29.8 Å². The van der Waals surface area contributed by atoms with E-state index in [-0.39, 0.29) is 5.69 Å². The smallest absolute Gasteiger partial charge is 0.358 e. The van der Waals surface area contributed by atoms with E-state index in [4.69, 9.17) is 27.9 Å². The van der Waals surface area contributed by atoms with E-state index in [2.05, 4.69) is 25.8 Å². The van der Waals surface area contributed by atoms with Crippen LogP contribution in [0.3, 0.4) is 0 Å². The molecule has 0 atom stereocenters. The normalized spacial score (nSPS) is 14.5. The Labute approximate surface area is 200 Å². The van der Waals surface area contributed by atoms with E-state index in [0.29, 0.717) is 28.2 Å². The summed E-state index contributed by atoms with van der Waals surface area (Å²) in [6, 6.07) is 12.9. The number of piperidine rings is 1. The van der Waals surface area contributed by atoms with Gasteiger partial charge in [-0.05, 0) is 56.3 Å². The van der Waals surface area contributed by atoms with Crippen molar-refractivity contribution in [1.29, 1.82) is 0 Å². The molecule has 0 saturated carbocycles. The highest BCUT2D eigenvalue weighted by molar-refractivity contribution is 9.10. The van der Waals surface area contributed by atoms with E-state index < -0.39 is 5.97 Å². The summed E-state index contributed by atoms with van der Waals surface area (Å²) in [6.07, 6.45) is 5.35. The van der Waals surface area contributed by atoms with Gasteiger partial charge in [-0.15, -0.1) is 0 Å². The fraction of sp³-hybridized carbons (Fsp3) is 0.304. The maximum absolute atomic E-state index is 12.7. The van der Waals surface area contributed by atoms with Gasteiger partial charge in [0.2, 0.25) is 0 Å². The molecule has 8 heteroatoms. The van der Waals surface area contributed by atoms with Gasteiger partial charge in [-0.1, -0.05) is 57.7 Å². The van der Waals surface area contributed by atoms with Crippen LogP contribution in [0.25, 0.3) is 17.1 Å². The van der Waals surface area contributed by atoms with Crippen LogP contribution in [0.15, 0.2) is 53.1 Å². The number of carbonyl (C=O) groups is 1. The van der Waals surface area contributed by atoms with Crippen molar-refractivity contribution >= 4 is 45.1 Å². The number of hydrogen-bond donors (Lipinski definition) is 0. The highest BCUT2D eigenvalue weighted by Crippen LogP contribution is 2.30. The molecule has 0 radical (unpaired) electrons. The molecule has 1 saturated heterocycles. The molecular weight excluding hydrogens is 501 g/mol. The number of likely N-dealkylation sites (tertiary alicyclic amines) is 1. The number of rotatable bonds is 6. The van der Waals surface area contributed by atoms with Crippen LogP contribution in [0.5, 0.6) is 0 Å². The van der Waals surface area contributed by atoms with Crippen LogP contribution in [0.4, 0.5) is 0 Å². The van der Waals surface area contributed by atoms with Gasteiger partial charge in [0.15, 0.2) is 5.69 Å². The van der Waals surface area contributed by atoms with Gasteiger partial charge < -0.3 is 4.74 Å². The third kappa shape index (κ3) is 5.50. The maximum Gasteiger partial charge on any atom is 0.358 e. The Bertz CT molecular complexity index is 1060. The monoisotopic (exact) mass is 521 g/mol. The molecule has 31 heavy (non-hydrogen) atoms. The lowest BCUT2D eigenvalue weighted by Crippen LogP contribution is -2.33. The summed E-state index contributed by atoms with van der Waals surface area (Å²) >= 11 is 16.0. The van der Waals surface area contributed by atoms with Gasteiger partial charge in [0, 0.05) is 27.8 Å². The number of hydrogen-bond acceptors (Lipinski definition) is 4. The average Bonchev–Trinajstić information content (AvgIpc) is 3.20. The van der Waals surface area contributed by atoms with Crippen LogP contribution >= 0.6 is 39.1 Å². The first-order valence-electron chi connectivity index (χ1n) is 10.2. The molecule has 1 aliphatic rings. The first-order chi connectivity index (χ1) is 15.0. The van der Waals surface area contributed by atoms with Crippen molar-refractivity contribution in [3.8, 4) is 17.1 Å². The fourth-order valence-corrected chi connectivity index (χ4v) is 4.43. The van der Waals surface area contributed by atoms with Gasteiger partial charge in [0.25, 0.3) is 0 Å². The first kappa shape index (κ1) is 22.3. The first-order valence-corrected chi connectivity index (χ1v) is 11.8. The minimum absolute atomic E-state index is 0.238. The summed E-state index contributed by atoms with van der Waals surface area (Å²) in [7, 11) is 0. The summed E-state index contributed by atoms with van der Waals surface area (Å²) < 4.78 is 8.27. The number of nitrogens with zero attached hydrogens (tertiary/aromatic N) is 3. The second-order valence-corrected chi connectivity index (χ2v) is 9.22. The standard InChI is InChI=1S/C23H22BrCl2N3O2/c24-17-6-4-16(5-7-17)22-27-20(15-29(22)21-9-8-18(25)14-19(21)26)23(30)31-13-12-28-10-2-1-3-11-28/h4-9,14-15H,1-3,10-13H2. The molecule has 0 unspecified atom stereocenters. The predicted octanol–water partition coefficient (Wildman–Crippen LogP) is 6.25. The Morgan fingerprint density at radius 3 is 2.52 bits per heavy atom. The largest absolute Gasteiger partial charge is 0.460 e. The lowest BCUT2D eigenvalue weighted by molar-refractivity contribution is 0.0446. The molecule has 1 aromatic heterocycles. The van der Waals surface area contributed by atoms with Crippen molar-refractivity contribution in [2.24, 2.45) is 0 Å². The Balaban J connectivity index is 1.59. The molecular formula is C23H22BrCl2N3O2. The van der Waals surface area contributed by atoms with Crippen LogP contribution < -0.4 is 0 Å². The van der Waals surface area contributed by atoms with Gasteiger partial charge in [-0.25, -0.2) is 9.78 Å². The van der Waals surface area contributed by atoms with Gasteiger partial charge in [0.1, 0.15) is 12.4 Å². The third-order valence-corrected chi connectivity index (χ3v) is 6.34. The molecule has 0 N–H and O–H groups in total. The number of imidazole rings is 1. The predicted molar refractivity (Wildman–Crippen MR) is 127 cm³/mol. The molecule has 0 bridgehead atoms. The zero-order chi connectivity index (χ0) is 21.8. The lowest BCUT2D eigenvalue weighted by atomic mass is 10.1. The molecule has 0 aliphatic carbocycles. The minimum Gasteiger partial charge on any atom is -0.460 e. The Hall–Kier alpha value is -1.86. The van der Waals surface area contributed by atoms with Gasteiger partial charge >= 0.3 is 5.97 Å². The summed E-state index contributed by atoms with van der Waals surface area (Å²) in [6.45, 7) is 3.22. The maximum atomic E-state index is 12.7. The SMILES string of the molecule is O=C(OCCN1CCCCC1)c1cn(-c2ccc(Cl)cc2Cl)c(-c2ccc(Br)cc2)n1. The highest BCUT2D eigenvalue weighted by atomic mass is 79.9. The van der Waals surface area contributed by atoms with E-state index in [1.54, 1.807) is 29.0 Å². The van der Waals surface area contributed by atoms with Crippen LogP contribution in [0, 0.1) is 0 Å². The number of ether oxygens (including phenoxy) is 1. The van der Waals surface area contributed by atoms with Crippen LogP contribution in [-0.2, 0) is 4.74 Å². The van der Waals surface area contributed by atoms with E-state index in [0.717, 1.165) is 29.7 Å². The molecule has 3 aromatic rings. The second kappa shape index (κ2) is 10.2. The number of aromatic nitrogens is 2. The van der Waals surface area contributed by atoms with E-state index in [1.807, 2.05) is 24.3 Å². The van der Waals surface area contributed by atoms with Crippen molar-refractivity contribution in [3.63, 3.8) is 0 Å². The van der Waals surface area contributed by atoms with Crippen LogP contribution in [0.2, 0.25) is 10.0 Å². The van der Waals surface area contributed by atoms with E-state index >= 15 is 0 Å². The summed E-state index contributed by atoms with van der Waals surface area (Å²) in [4.78, 5) is 19.6. The van der Waals surface area contributed by atoms with E-state index in [1.165, 1.54) is 19.3 Å². The van der Waals surface area contributed by atoms with Gasteiger partial charge in [-0.2, -0.15) is 0 Å². The highest BCUT2D eigenvalue weighted by Gasteiger charge is 2.20. The fourth-order valence-electron chi connectivity index (χ4n) is 3.67. The molecule has 1 aliphatic heterocycles. The lowest BCUT2D eigenvalue weighted by Gasteiger charge is -2.25. The molecule has 1 fully saturated rings. The van der Waals surface area contributed by atoms with Crippen LogP contribution in [-0.4, -0.2) is 46.7 Å². The average molecular weight is 523 g/mol. The molecule has 0 amide bonds. The second-order valence-electron chi connectivity index (χ2n) is 7.46. The van der Waals surface area contributed by atoms with Crippen molar-refractivity contribution in [2.75, 3.05) is 26.2 Å². The zero-order valence-corrected chi connectivity index (χ0v) is 20.0. The van der Waals surface area contributed by atoms with Gasteiger partial charge in [0.05, 0.1) is 10.7 Å². The Morgan fingerprint density at radius 2 is 1.81 bits per heavy atom. The third-order valence-electron chi connectivity index (χ3n) is 5.28. The van der Waals surface area contributed by atoms with Crippen molar-refractivity contribution in [1.82, 2.24) is 14.5 Å². The Kier molecular flexibility index (Phi) is 7.33. The van der Waals surface area contributed by atoms with E-state index in [9.17, 15) is 4.79 Å². The molecule has 2 aromatic carbocycles. The zero-order valence-electron chi connectivity index (χ0n) is 16.9. The molecule has 0 spiro atoms. The van der Waals surface area contributed by atoms with Gasteiger partial charge in [-0.3, -0.25) is 9.47 Å². The number of esters is 1. The summed E-state index contributed by atoms with van der Waals surface area (Å²) in [5.41, 5.74) is 1.77. The summed E-state index contributed by atoms with van der Waals surface area (Å²) in [5.74, 6) is 0.152. The molecule has 4 rings (SSSR count). The number of benzene rings is 2. The molecule has 2 heterocycles. The molecule has 162 valence electrons. The van der Waals surface area contributed by atoms with Crippen molar-refractivity contribution in [3.05, 3.63) is 68.9 Å². The minimum atomic E-state index is -0.445. The summed E-state index contributed by atoms with van der Waals surface area (Å²) in [5, 5.41) is 1.00. The topological polar surface area (TPSA) is 47.4 Å². The number of halogens is 3. The Morgan fingerprint density at radius 1 is 1.06 bits per heavy atom. The quantitative estimate of drug-likeness (QED) is 0.359. The number of carbonyl (C=O) groups excluding carboxylic acids is 1. The van der Waals surface area contributed by atoms with Crippen molar-refractivity contribution in [2.45, 2.75) is 19.3 Å². The van der Waals surface area contributed by atoms with Crippen molar-refractivity contribution < 1.29 is 9.53 Å².